The van der Waals surface area contributed by atoms with Crippen LogP contribution in [0.5, 0.6) is 0 Å². The Morgan fingerprint density at radius 3 is 2.70 bits per heavy atom. The van der Waals surface area contributed by atoms with Crippen molar-refractivity contribution < 1.29 is 12.9 Å². The van der Waals surface area contributed by atoms with Crippen molar-refractivity contribution >= 4 is 21.4 Å². The molecule has 0 aliphatic heterocycles. The number of rotatable bonds is 5. The topological polar surface area (TPSA) is 101 Å². The number of nitrogens with zero attached hydrogens (tertiary/aromatic N) is 2. The fourth-order valence-electron chi connectivity index (χ4n) is 1.63. The molecule has 0 spiro atoms. The molecule has 2 aromatic rings. The lowest BCUT2D eigenvalue weighted by molar-refractivity contribution is 0.412. The molecule has 1 aromatic carbocycles. The van der Waals surface area contributed by atoms with Crippen LogP contribution in [0.3, 0.4) is 0 Å². The van der Waals surface area contributed by atoms with Gasteiger partial charge in [-0.15, -0.1) is 0 Å². The number of aromatic nitrogens is 1. The molecule has 0 atom stereocenters. The summed E-state index contributed by atoms with van der Waals surface area (Å²) in [7, 11) is -0.643. The van der Waals surface area contributed by atoms with Crippen LogP contribution in [0.15, 0.2) is 39.9 Å². The van der Waals surface area contributed by atoms with E-state index in [1.807, 2.05) is 0 Å². The minimum atomic E-state index is -3.57. The van der Waals surface area contributed by atoms with Crippen molar-refractivity contribution in [2.45, 2.75) is 11.4 Å². The van der Waals surface area contributed by atoms with Gasteiger partial charge in [-0.05, 0) is 12.1 Å². The highest BCUT2D eigenvalue weighted by Gasteiger charge is 2.21. The molecule has 0 bridgehead atoms. The van der Waals surface area contributed by atoms with Crippen molar-refractivity contribution in [2.24, 2.45) is 0 Å². The molecule has 0 amide bonds. The first-order valence-electron chi connectivity index (χ1n) is 5.87. The molecule has 0 unspecified atom stereocenters. The van der Waals surface area contributed by atoms with E-state index in [4.69, 9.17) is 10.3 Å². The lowest BCUT2D eigenvalue weighted by Crippen LogP contribution is -2.23. The zero-order valence-corrected chi connectivity index (χ0v) is 12.0. The molecule has 1 heterocycles. The van der Waals surface area contributed by atoms with Crippen molar-refractivity contribution in [2.75, 3.05) is 25.1 Å². The van der Waals surface area contributed by atoms with Crippen molar-refractivity contribution in [3.63, 3.8) is 0 Å². The molecule has 1 aromatic heterocycles. The van der Waals surface area contributed by atoms with Gasteiger partial charge >= 0.3 is 0 Å². The first-order chi connectivity index (χ1) is 9.43. The second-order valence-electron chi connectivity index (χ2n) is 4.35. The Hall–Kier alpha value is -2.06. The highest BCUT2D eigenvalue weighted by molar-refractivity contribution is 7.89. The number of nitrogen functional groups attached to an aromatic ring is 1. The standard InChI is InChI=1S/C12H16N4O3S/c1-16(2)20(17,18)11-5-3-4-10(12(11)13)14-8-9-6-7-19-15-9/h3-7,14H,8,13H2,1-2H3. The molecule has 0 aliphatic carbocycles. The summed E-state index contributed by atoms with van der Waals surface area (Å²) >= 11 is 0. The number of nitrogens with one attached hydrogen (secondary N) is 1. The minimum absolute atomic E-state index is 0.0765. The number of anilines is 2. The van der Waals surface area contributed by atoms with E-state index in [2.05, 4.69) is 10.5 Å². The van der Waals surface area contributed by atoms with Gasteiger partial charge in [0.15, 0.2) is 0 Å². The smallest absolute Gasteiger partial charge is 0.244 e. The average molecular weight is 296 g/mol. The minimum Gasteiger partial charge on any atom is -0.396 e. The third kappa shape index (κ3) is 2.75. The van der Waals surface area contributed by atoms with E-state index in [0.29, 0.717) is 17.9 Å². The van der Waals surface area contributed by atoms with E-state index in [-0.39, 0.29) is 10.6 Å². The van der Waals surface area contributed by atoms with Gasteiger partial charge in [0, 0.05) is 20.2 Å². The van der Waals surface area contributed by atoms with Gasteiger partial charge in [0.05, 0.1) is 17.9 Å². The van der Waals surface area contributed by atoms with Gasteiger partial charge in [-0.3, -0.25) is 0 Å². The Labute approximate surface area is 117 Å². The number of hydrogen-bond acceptors (Lipinski definition) is 6. The quantitative estimate of drug-likeness (QED) is 0.802. The summed E-state index contributed by atoms with van der Waals surface area (Å²) in [4.78, 5) is 0.0765. The summed E-state index contributed by atoms with van der Waals surface area (Å²) in [6, 6.07) is 6.54. The molecule has 7 nitrogen and oxygen atoms in total. The van der Waals surface area contributed by atoms with Crippen molar-refractivity contribution in [1.29, 1.82) is 0 Å². The summed E-state index contributed by atoms with van der Waals surface area (Å²) in [6.07, 6.45) is 1.47. The van der Waals surface area contributed by atoms with Crippen LogP contribution in [0.25, 0.3) is 0 Å². The van der Waals surface area contributed by atoms with Crippen LogP contribution in [0.1, 0.15) is 5.69 Å². The summed E-state index contributed by atoms with van der Waals surface area (Å²) in [5.41, 5.74) is 7.36. The lowest BCUT2D eigenvalue weighted by Gasteiger charge is -2.16. The average Bonchev–Trinajstić information content (AvgIpc) is 2.90. The Bertz CT molecular complexity index is 681. The van der Waals surface area contributed by atoms with E-state index >= 15 is 0 Å². The first kappa shape index (κ1) is 14.4. The van der Waals surface area contributed by atoms with Crippen LogP contribution in [0.2, 0.25) is 0 Å². The monoisotopic (exact) mass is 296 g/mol. The van der Waals surface area contributed by atoms with Gasteiger partial charge in [0.25, 0.3) is 0 Å². The van der Waals surface area contributed by atoms with Gasteiger partial charge in [0.2, 0.25) is 10.0 Å². The number of nitrogens with two attached hydrogens (primary N) is 1. The Morgan fingerprint density at radius 1 is 1.35 bits per heavy atom. The van der Waals surface area contributed by atoms with E-state index < -0.39 is 10.0 Å². The Balaban J connectivity index is 2.28. The zero-order valence-electron chi connectivity index (χ0n) is 11.2. The third-order valence-corrected chi connectivity index (χ3v) is 4.65. The molecule has 3 N–H and O–H groups in total. The lowest BCUT2D eigenvalue weighted by atomic mass is 10.2. The van der Waals surface area contributed by atoms with E-state index in [9.17, 15) is 8.42 Å². The second kappa shape index (κ2) is 5.51. The molecule has 0 saturated heterocycles. The van der Waals surface area contributed by atoms with E-state index in [0.717, 1.165) is 4.31 Å². The fraction of sp³-hybridized carbons (Fsp3) is 0.250. The SMILES string of the molecule is CN(C)S(=O)(=O)c1cccc(NCc2ccon2)c1N. The molecule has 108 valence electrons. The van der Waals surface area contributed by atoms with Crippen LogP contribution in [-0.2, 0) is 16.6 Å². The molecular weight excluding hydrogens is 280 g/mol. The number of sulfonamides is 1. The highest BCUT2D eigenvalue weighted by atomic mass is 32.2. The first-order valence-corrected chi connectivity index (χ1v) is 7.31. The van der Waals surface area contributed by atoms with E-state index in [1.54, 1.807) is 18.2 Å². The van der Waals surface area contributed by atoms with Crippen LogP contribution >= 0.6 is 0 Å². The molecule has 8 heteroatoms. The maximum atomic E-state index is 12.1. The highest BCUT2D eigenvalue weighted by Crippen LogP contribution is 2.28. The summed E-state index contributed by atoms with van der Waals surface area (Å²) in [6.45, 7) is 0.395. The predicted octanol–water partition coefficient (Wildman–Crippen LogP) is 1.12. The predicted molar refractivity (Wildman–Crippen MR) is 75.6 cm³/mol. The summed E-state index contributed by atoms with van der Waals surface area (Å²) in [5.74, 6) is 0. The van der Waals surface area contributed by atoms with Crippen LogP contribution < -0.4 is 11.1 Å². The van der Waals surface area contributed by atoms with Crippen LogP contribution in [-0.4, -0.2) is 32.0 Å². The van der Waals surface area contributed by atoms with Gasteiger partial charge < -0.3 is 15.6 Å². The summed E-state index contributed by atoms with van der Waals surface area (Å²) in [5, 5.41) is 6.79. The van der Waals surface area contributed by atoms with Crippen molar-refractivity contribution in [1.82, 2.24) is 9.46 Å². The number of para-hydroxylation sites is 1. The van der Waals surface area contributed by atoms with E-state index in [1.165, 1.54) is 26.4 Å². The van der Waals surface area contributed by atoms with Crippen LogP contribution in [0.4, 0.5) is 11.4 Å². The third-order valence-electron chi connectivity index (χ3n) is 2.78. The molecule has 20 heavy (non-hydrogen) atoms. The largest absolute Gasteiger partial charge is 0.396 e. The van der Waals surface area contributed by atoms with Gasteiger partial charge in [0.1, 0.15) is 16.9 Å². The Morgan fingerprint density at radius 2 is 2.10 bits per heavy atom. The molecule has 0 aliphatic rings. The second-order valence-corrected chi connectivity index (χ2v) is 6.47. The molecular formula is C12H16N4O3S. The zero-order chi connectivity index (χ0) is 14.8. The van der Waals surface area contributed by atoms with Crippen molar-refractivity contribution in [3.8, 4) is 0 Å². The van der Waals surface area contributed by atoms with Gasteiger partial charge in [-0.25, -0.2) is 12.7 Å². The van der Waals surface area contributed by atoms with Crippen LogP contribution in [0, 0.1) is 0 Å². The maximum absolute atomic E-state index is 12.1. The van der Waals surface area contributed by atoms with Crippen molar-refractivity contribution in [3.05, 3.63) is 36.2 Å². The van der Waals surface area contributed by atoms with Gasteiger partial charge in [-0.2, -0.15) is 0 Å². The molecule has 0 fully saturated rings. The maximum Gasteiger partial charge on any atom is 0.244 e. The molecule has 2 rings (SSSR count). The molecule has 0 radical (unpaired) electrons. The van der Waals surface area contributed by atoms with Gasteiger partial charge in [-0.1, -0.05) is 11.2 Å². The fourth-order valence-corrected chi connectivity index (χ4v) is 2.67. The summed E-state index contributed by atoms with van der Waals surface area (Å²) < 4.78 is 30.1. The normalized spacial score (nSPS) is 11.8. The molecule has 0 saturated carbocycles. The number of hydrogen-bond donors (Lipinski definition) is 2. The number of benzene rings is 1. The Kier molecular flexibility index (Phi) is 3.96.